The van der Waals surface area contributed by atoms with E-state index < -0.39 is 29.6 Å². The van der Waals surface area contributed by atoms with Crippen LogP contribution in [0.1, 0.15) is 47.0 Å². The third kappa shape index (κ3) is 5.23. The fraction of sp³-hybridized carbons (Fsp3) is 0.929. The van der Waals surface area contributed by atoms with Gasteiger partial charge in [-0.15, -0.1) is 0 Å². The Kier molecular flexibility index (Phi) is 5.35. The van der Waals surface area contributed by atoms with Crippen LogP contribution in [0.2, 0.25) is 0 Å². The molecule has 20 heavy (non-hydrogen) atoms. The number of carbonyl (C=O) groups is 1. The second kappa shape index (κ2) is 6.24. The van der Waals surface area contributed by atoms with Crippen LogP contribution in [0.25, 0.3) is 0 Å². The summed E-state index contributed by atoms with van der Waals surface area (Å²) in [5.74, 6) is -0.840. The Morgan fingerprint density at radius 2 is 1.85 bits per heavy atom. The van der Waals surface area contributed by atoms with Gasteiger partial charge in [0.2, 0.25) is 6.43 Å². The maximum Gasteiger partial charge on any atom is 0.410 e. The van der Waals surface area contributed by atoms with E-state index in [1.54, 1.807) is 20.8 Å². The summed E-state index contributed by atoms with van der Waals surface area (Å²) in [6.07, 6.45) is -2.16. The highest BCUT2D eigenvalue weighted by Gasteiger charge is 2.37. The standard InChI is InChI=1S/C14H25F2NO3/c1-10(11(15)16)9-14(19)5-7-17(8-6-14)12(18)20-13(2,3)4/h10-11,19H,5-9H2,1-4H3. The first-order chi connectivity index (χ1) is 9.02. The lowest BCUT2D eigenvalue weighted by Gasteiger charge is -2.39. The van der Waals surface area contributed by atoms with E-state index in [0.29, 0.717) is 25.9 Å². The van der Waals surface area contributed by atoms with Crippen molar-refractivity contribution in [3.63, 3.8) is 0 Å². The molecule has 1 saturated heterocycles. The van der Waals surface area contributed by atoms with Crippen molar-refractivity contribution in [2.75, 3.05) is 13.1 Å². The van der Waals surface area contributed by atoms with Crippen molar-refractivity contribution in [3.8, 4) is 0 Å². The van der Waals surface area contributed by atoms with Gasteiger partial charge in [0, 0.05) is 19.0 Å². The number of rotatable bonds is 3. The summed E-state index contributed by atoms with van der Waals surface area (Å²) in [6, 6.07) is 0. The number of likely N-dealkylation sites (tertiary alicyclic amines) is 1. The molecule has 1 amide bonds. The number of alkyl halides is 2. The van der Waals surface area contributed by atoms with Gasteiger partial charge in [0.1, 0.15) is 5.60 Å². The van der Waals surface area contributed by atoms with E-state index in [4.69, 9.17) is 4.74 Å². The molecule has 4 nitrogen and oxygen atoms in total. The Morgan fingerprint density at radius 1 is 1.35 bits per heavy atom. The molecule has 0 aliphatic carbocycles. The van der Waals surface area contributed by atoms with Crippen LogP contribution in [0.15, 0.2) is 0 Å². The number of hydrogen-bond acceptors (Lipinski definition) is 3. The molecule has 0 aromatic rings. The van der Waals surface area contributed by atoms with Crippen molar-refractivity contribution in [1.29, 1.82) is 0 Å². The fourth-order valence-corrected chi connectivity index (χ4v) is 2.32. The molecule has 0 spiro atoms. The SMILES string of the molecule is CC(CC1(O)CCN(C(=O)OC(C)(C)C)CC1)C(F)F. The molecule has 1 N–H and O–H groups in total. The molecule has 1 aliphatic rings. The highest BCUT2D eigenvalue weighted by molar-refractivity contribution is 5.68. The van der Waals surface area contributed by atoms with Crippen molar-refractivity contribution < 1.29 is 23.4 Å². The van der Waals surface area contributed by atoms with E-state index in [9.17, 15) is 18.7 Å². The minimum Gasteiger partial charge on any atom is -0.444 e. The molecule has 0 bridgehead atoms. The van der Waals surface area contributed by atoms with Crippen LogP contribution in [0.4, 0.5) is 13.6 Å². The molecular weight excluding hydrogens is 268 g/mol. The van der Waals surface area contributed by atoms with E-state index in [2.05, 4.69) is 0 Å². The van der Waals surface area contributed by atoms with Crippen LogP contribution < -0.4 is 0 Å². The lowest BCUT2D eigenvalue weighted by atomic mass is 9.83. The Labute approximate surface area is 119 Å². The van der Waals surface area contributed by atoms with Crippen molar-refractivity contribution in [2.24, 2.45) is 5.92 Å². The molecule has 118 valence electrons. The average Bonchev–Trinajstić information content (AvgIpc) is 2.26. The van der Waals surface area contributed by atoms with Crippen molar-refractivity contribution in [2.45, 2.75) is 64.6 Å². The number of carbonyl (C=O) groups excluding carboxylic acids is 1. The quantitative estimate of drug-likeness (QED) is 0.870. The predicted molar refractivity (Wildman–Crippen MR) is 71.8 cm³/mol. The second-order valence-corrected chi connectivity index (χ2v) is 6.71. The maximum absolute atomic E-state index is 12.5. The summed E-state index contributed by atoms with van der Waals surface area (Å²) in [4.78, 5) is 13.4. The lowest BCUT2D eigenvalue weighted by Crippen LogP contribution is -2.48. The monoisotopic (exact) mass is 293 g/mol. The van der Waals surface area contributed by atoms with Gasteiger partial charge in [0.15, 0.2) is 0 Å². The first kappa shape index (κ1) is 17.1. The summed E-state index contributed by atoms with van der Waals surface area (Å²) < 4.78 is 30.3. The third-order valence-corrected chi connectivity index (χ3v) is 3.48. The van der Waals surface area contributed by atoms with Crippen LogP contribution in [-0.2, 0) is 4.74 Å². The van der Waals surface area contributed by atoms with Gasteiger partial charge in [-0.05, 0) is 40.0 Å². The van der Waals surface area contributed by atoms with Gasteiger partial charge in [-0.25, -0.2) is 13.6 Å². The highest BCUT2D eigenvalue weighted by Crippen LogP contribution is 2.31. The molecule has 6 heteroatoms. The molecular formula is C14H25F2NO3. The molecule has 0 aromatic carbocycles. The Bertz CT molecular complexity index is 334. The van der Waals surface area contributed by atoms with Crippen LogP contribution >= 0.6 is 0 Å². The number of nitrogens with zero attached hydrogens (tertiary/aromatic N) is 1. The zero-order valence-electron chi connectivity index (χ0n) is 12.7. The zero-order valence-corrected chi connectivity index (χ0v) is 12.7. The molecule has 0 radical (unpaired) electrons. The predicted octanol–water partition coefficient (Wildman–Crippen LogP) is 3.04. The lowest BCUT2D eigenvalue weighted by molar-refractivity contribution is -0.0598. The number of amides is 1. The van der Waals surface area contributed by atoms with Crippen LogP contribution in [0.5, 0.6) is 0 Å². The minimum atomic E-state index is -2.43. The van der Waals surface area contributed by atoms with Gasteiger partial charge in [-0.2, -0.15) is 0 Å². The minimum absolute atomic E-state index is 0.0623. The van der Waals surface area contributed by atoms with Gasteiger partial charge in [-0.1, -0.05) is 6.92 Å². The second-order valence-electron chi connectivity index (χ2n) is 6.71. The number of hydrogen-bond donors (Lipinski definition) is 1. The molecule has 1 heterocycles. The first-order valence-electron chi connectivity index (χ1n) is 7.01. The maximum atomic E-state index is 12.5. The molecule has 0 aromatic heterocycles. The van der Waals surface area contributed by atoms with E-state index in [1.165, 1.54) is 11.8 Å². The molecule has 1 fully saturated rings. The summed E-state index contributed by atoms with van der Waals surface area (Å²) >= 11 is 0. The summed E-state index contributed by atoms with van der Waals surface area (Å²) in [7, 11) is 0. The zero-order chi connectivity index (χ0) is 15.6. The van der Waals surface area contributed by atoms with Crippen molar-refractivity contribution in [1.82, 2.24) is 4.90 Å². The summed E-state index contributed by atoms with van der Waals surface area (Å²) in [5.41, 5.74) is -1.66. The number of piperidine rings is 1. The molecule has 0 saturated carbocycles. The van der Waals surface area contributed by atoms with Gasteiger partial charge < -0.3 is 14.7 Å². The third-order valence-electron chi connectivity index (χ3n) is 3.48. The molecule has 1 unspecified atom stereocenters. The Morgan fingerprint density at radius 3 is 2.25 bits per heavy atom. The Hall–Kier alpha value is -0.910. The van der Waals surface area contributed by atoms with Crippen LogP contribution in [0.3, 0.4) is 0 Å². The van der Waals surface area contributed by atoms with Gasteiger partial charge in [-0.3, -0.25) is 0 Å². The van der Waals surface area contributed by atoms with Crippen LogP contribution in [0, 0.1) is 5.92 Å². The summed E-state index contributed by atoms with van der Waals surface area (Å²) in [6.45, 7) is 7.46. The van der Waals surface area contributed by atoms with Gasteiger partial charge in [0.25, 0.3) is 0 Å². The highest BCUT2D eigenvalue weighted by atomic mass is 19.3. The van der Waals surface area contributed by atoms with Crippen molar-refractivity contribution >= 4 is 6.09 Å². The van der Waals surface area contributed by atoms with E-state index in [0.717, 1.165) is 0 Å². The van der Waals surface area contributed by atoms with E-state index >= 15 is 0 Å². The normalized spacial score (nSPS) is 20.9. The summed E-state index contributed by atoms with van der Waals surface area (Å²) in [5, 5.41) is 10.3. The number of halogens is 2. The first-order valence-corrected chi connectivity index (χ1v) is 7.01. The number of aliphatic hydroxyl groups is 1. The average molecular weight is 293 g/mol. The van der Waals surface area contributed by atoms with Gasteiger partial charge in [0.05, 0.1) is 5.60 Å². The van der Waals surface area contributed by atoms with E-state index in [1.807, 2.05) is 0 Å². The largest absolute Gasteiger partial charge is 0.444 e. The van der Waals surface area contributed by atoms with Gasteiger partial charge >= 0.3 is 6.09 Å². The van der Waals surface area contributed by atoms with Crippen molar-refractivity contribution in [3.05, 3.63) is 0 Å². The fourth-order valence-electron chi connectivity index (χ4n) is 2.32. The molecule has 1 aliphatic heterocycles. The molecule has 1 rings (SSSR count). The Balaban J connectivity index is 2.48. The smallest absolute Gasteiger partial charge is 0.410 e. The number of ether oxygens (including phenoxy) is 1. The van der Waals surface area contributed by atoms with E-state index in [-0.39, 0.29) is 6.42 Å². The molecule has 1 atom stereocenters. The van der Waals surface area contributed by atoms with Crippen LogP contribution in [-0.4, -0.2) is 46.8 Å². The topological polar surface area (TPSA) is 49.8 Å².